The Kier molecular flexibility index (Phi) is 61.7. The molecule has 76 heavy (non-hydrogen) atoms. The van der Waals surface area contributed by atoms with Gasteiger partial charge in [0.05, 0.1) is 0 Å². The number of carbonyl (C=O) groups is 3. The van der Waals surface area contributed by atoms with E-state index in [4.69, 9.17) is 14.2 Å². The number of allylic oxidation sites excluding steroid dienone is 12. The summed E-state index contributed by atoms with van der Waals surface area (Å²) < 4.78 is 16.9. The van der Waals surface area contributed by atoms with Crippen LogP contribution in [0.5, 0.6) is 0 Å². The van der Waals surface area contributed by atoms with Crippen LogP contribution in [0.15, 0.2) is 72.9 Å². The molecule has 0 fully saturated rings. The standard InChI is InChI=1S/C70H124O6/c1-4-7-10-13-16-19-22-25-28-30-31-32-33-34-35-36-37-38-39-40-43-45-48-51-54-57-60-63-69(72)75-66-67(65-74-68(71)62-59-56-53-50-47-44-41-27-24-21-18-15-12-9-6-3)76-70(73)64-61-58-55-52-49-46-42-29-26-23-20-17-14-11-8-5-2/h20,22-23,25,27,29-31,33-34,41-42,67H,4-19,21,24,26,28,32,35-40,43-66H2,1-3H3/b23-20-,25-22-,31-30-,34-33-,41-27-,42-29-. The lowest BCUT2D eigenvalue weighted by molar-refractivity contribution is -0.167. The SMILES string of the molecule is CCCCCC/C=C\C/C=C\CCCCCCCC(=O)OC(COC(=O)CCCCCCC/C=C\CCCCCCCC)COC(=O)CCCCCCCCCCCCCC/C=C\C/C=C\C/C=C\CCCCCCC. The van der Waals surface area contributed by atoms with Gasteiger partial charge in [-0.25, -0.2) is 0 Å². The third-order valence-electron chi connectivity index (χ3n) is 14.4. The Hall–Kier alpha value is -3.15. The number of hydrogen-bond acceptors (Lipinski definition) is 6. The molecule has 0 spiro atoms. The average molecular weight is 1060 g/mol. The van der Waals surface area contributed by atoms with Crippen molar-refractivity contribution >= 4 is 17.9 Å². The first kappa shape index (κ1) is 72.8. The molecular weight excluding hydrogens is 937 g/mol. The first-order valence-corrected chi connectivity index (χ1v) is 32.9. The molecule has 440 valence electrons. The third kappa shape index (κ3) is 61.7. The second kappa shape index (κ2) is 64.4. The molecule has 0 radical (unpaired) electrons. The normalized spacial score (nSPS) is 12.5. The van der Waals surface area contributed by atoms with E-state index in [-0.39, 0.29) is 31.1 Å². The van der Waals surface area contributed by atoms with Crippen LogP contribution in [0, 0.1) is 0 Å². The van der Waals surface area contributed by atoms with Gasteiger partial charge in [0.15, 0.2) is 6.10 Å². The zero-order valence-electron chi connectivity index (χ0n) is 50.5. The highest BCUT2D eigenvalue weighted by Crippen LogP contribution is 2.16. The summed E-state index contributed by atoms with van der Waals surface area (Å²) in [4.78, 5) is 38.3. The molecule has 0 N–H and O–H groups in total. The van der Waals surface area contributed by atoms with Crippen LogP contribution in [-0.4, -0.2) is 37.2 Å². The zero-order chi connectivity index (χ0) is 55.0. The van der Waals surface area contributed by atoms with E-state index in [1.165, 1.54) is 193 Å². The molecule has 0 aliphatic heterocycles. The molecule has 0 rings (SSSR count). The van der Waals surface area contributed by atoms with Crippen molar-refractivity contribution in [3.05, 3.63) is 72.9 Å². The summed E-state index contributed by atoms with van der Waals surface area (Å²) in [5.41, 5.74) is 0. The third-order valence-corrected chi connectivity index (χ3v) is 14.4. The quantitative estimate of drug-likeness (QED) is 0.0261. The summed E-state index contributed by atoms with van der Waals surface area (Å²) in [7, 11) is 0. The summed E-state index contributed by atoms with van der Waals surface area (Å²) >= 11 is 0. The Morgan fingerprint density at radius 2 is 0.474 bits per heavy atom. The second-order valence-corrected chi connectivity index (χ2v) is 22.0. The van der Waals surface area contributed by atoms with Gasteiger partial charge in [-0.15, -0.1) is 0 Å². The molecule has 0 aromatic heterocycles. The van der Waals surface area contributed by atoms with E-state index < -0.39 is 6.10 Å². The van der Waals surface area contributed by atoms with E-state index in [2.05, 4.69) is 93.7 Å². The molecule has 0 aliphatic rings. The van der Waals surface area contributed by atoms with E-state index in [1.54, 1.807) is 0 Å². The highest BCUT2D eigenvalue weighted by Gasteiger charge is 2.19. The molecule has 0 bridgehead atoms. The van der Waals surface area contributed by atoms with Crippen LogP contribution in [0.1, 0.15) is 335 Å². The zero-order valence-corrected chi connectivity index (χ0v) is 50.5. The van der Waals surface area contributed by atoms with Crippen molar-refractivity contribution in [2.45, 2.75) is 341 Å². The molecule has 0 aromatic rings. The van der Waals surface area contributed by atoms with E-state index in [0.29, 0.717) is 19.3 Å². The monoisotopic (exact) mass is 1060 g/mol. The Morgan fingerprint density at radius 1 is 0.263 bits per heavy atom. The molecule has 0 saturated carbocycles. The maximum absolute atomic E-state index is 12.9. The van der Waals surface area contributed by atoms with Crippen molar-refractivity contribution in [3.8, 4) is 0 Å². The lowest BCUT2D eigenvalue weighted by atomic mass is 10.0. The van der Waals surface area contributed by atoms with Crippen LogP contribution in [0.3, 0.4) is 0 Å². The summed E-state index contributed by atoms with van der Waals surface area (Å²) in [6.45, 7) is 6.62. The van der Waals surface area contributed by atoms with Gasteiger partial charge in [-0.1, -0.05) is 273 Å². The smallest absolute Gasteiger partial charge is 0.306 e. The van der Waals surface area contributed by atoms with Gasteiger partial charge in [0.1, 0.15) is 13.2 Å². The Labute approximate surface area is 472 Å². The highest BCUT2D eigenvalue weighted by molar-refractivity contribution is 5.71. The fourth-order valence-electron chi connectivity index (χ4n) is 9.42. The molecule has 0 aliphatic carbocycles. The van der Waals surface area contributed by atoms with Crippen molar-refractivity contribution in [1.82, 2.24) is 0 Å². The fraction of sp³-hybridized carbons (Fsp3) is 0.786. The van der Waals surface area contributed by atoms with Crippen LogP contribution in [-0.2, 0) is 28.6 Å². The summed E-state index contributed by atoms with van der Waals surface area (Å²) in [5, 5.41) is 0. The first-order chi connectivity index (χ1) is 37.5. The molecule has 0 aromatic carbocycles. The molecule has 6 nitrogen and oxygen atoms in total. The van der Waals surface area contributed by atoms with Crippen LogP contribution in [0.25, 0.3) is 0 Å². The van der Waals surface area contributed by atoms with Crippen molar-refractivity contribution in [2.75, 3.05) is 13.2 Å². The molecule has 1 atom stereocenters. The number of esters is 3. The van der Waals surface area contributed by atoms with Gasteiger partial charge >= 0.3 is 17.9 Å². The van der Waals surface area contributed by atoms with Crippen molar-refractivity contribution in [1.29, 1.82) is 0 Å². The van der Waals surface area contributed by atoms with E-state index in [1.807, 2.05) is 0 Å². The highest BCUT2D eigenvalue weighted by atomic mass is 16.6. The summed E-state index contributed by atoms with van der Waals surface area (Å²) in [6.07, 6.45) is 83.4. The number of carbonyl (C=O) groups excluding carboxylic acids is 3. The number of rotatable bonds is 60. The van der Waals surface area contributed by atoms with Crippen molar-refractivity contribution in [3.63, 3.8) is 0 Å². The van der Waals surface area contributed by atoms with Crippen molar-refractivity contribution in [2.24, 2.45) is 0 Å². The van der Waals surface area contributed by atoms with Gasteiger partial charge < -0.3 is 14.2 Å². The minimum Gasteiger partial charge on any atom is -0.462 e. The van der Waals surface area contributed by atoms with Gasteiger partial charge in [-0.3, -0.25) is 14.4 Å². The number of ether oxygens (including phenoxy) is 3. The molecule has 0 heterocycles. The summed E-state index contributed by atoms with van der Waals surface area (Å²) in [6, 6.07) is 0. The largest absolute Gasteiger partial charge is 0.462 e. The number of hydrogen-bond donors (Lipinski definition) is 0. The predicted molar refractivity (Wildman–Crippen MR) is 330 cm³/mol. The van der Waals surface area contributed by atoms with Gasteiger partial charge in [0.2, 0.25) is 0 Å². The topological polar surface area (TPSA) is 78.9 Å². The minimum atomic E-state index is -0.788. The average Bonchev–Trinajstić information content (AvgIpc) is 3.42. The lowest BCUT2D eigenvalue weighted by Gasteiger charge is -2.18. The van der Waals surface area contributed by atoms with Crippen LogP contribution in [0.2, 0.25) is 0 Å². The van der Waals surface area contributed by atoms with E-state index in [0.717, 1.165) is 103 Å². The Balaban J connectivity index is 4.30. The van der Waals surface area contributed by atoms with Crippen molar-refractivity contribution < 1.29 is 28.6 Å². The van der Waals surface area contributed by atoms with E-state index in [9.17, 15) is 14.4 Å². The van der Waals surface area contributed by atoms with Gasteiger partial charge in [0, 0.05) is 19.3 Å². The van der Waals surface area contributed by atoms with Crippen LogP contribution in [0.4, 0.5) is 0 Å². The van der Waals surface area contributed by atoms with Gasteiger partial charge in [-0.05, 0) is 116 Å². The number of unbranched alkanes of at least 4 members (excludes halogenated alkanes) is 37. The molecule has 0 amide bonds. The second-order valence-electron chi connectivity index (χ2n) is 22.0. The van der Waals surface area contributed by atoms with Crippen LogP contribution < -0.4 is 0 Å². The molecule has 0 saturated heterocycles. The minimum absolute atomic E-state index is 0.0831. The molecular formula is C70H124O6. The molecule has 1 unspecified atom stereocenters. The fourth-order valence-corrected chi connectivity index (χ4v) is 9.42. The van der Waals surface area contributed by atoms with Crippen LogP contribution >= 0.6 is 0 Å². The Morgan fingerprint density at radius 3 is 0.763 bits per heavy atom. The summed E-state index contributed by atoms with van der Waals surface area (Å²) in [5.74, 6) is -0.893. The predicted octanol–water partition coefficient (Wildman–Crippen LogP) is 22.5. The Bertz CT molecular complexity index is 1400. The lowest BCUT2D eigenvalue weighted by Crippen LogP contribution is -2.30. The van der Waals surface area contributed by atoms with Gasteiger partial charge in [0.25, 0.3) is 0 Å². The van der Waals surface area contributed by atoms with Gasteiger partial charge in [-0.2, -0.15) is 0 Å². The van der Waals surface area contributed by atoms with E-state index >= 15 is 0 Å². The maximum atomic E-state index is 12.9. The maximum Gasteiger partial charge on any atom is 0.306 e. The molecule has 6 heteroatoms. The first-order valence-electron chi connectivity index (χ1n) is 32.9.